The summed E-state index contributed by atoms with van der Waals surface area (Å²) in [5.74, 6) is 0.830. The van der Waals surface area contributed by atoms with Gasteiger partial charge >= 0.3 is 0 Å². The predicted octanol–water partition coefficient (Wildman–Crippen LogP) is 3.50. The van der Waals surface area contributed by atoms with Crippen LogP contribution in [0.5, 0.6) is 0 Å². The van der Waals surface area contributed by atoms with E-state index in [2.05, 4.69) is 26.1 Å². The van der Waals surface area contributed by atoms with Gasteiger partial charge < -0.3 is 15.2 Å². The van der Waals surface area contributed by atoms with E-state index in [9.17, 15) is 5.11 Å². The van der Waals surface area contributed by atoms with E-state index in [-0.39, 0.29) is 6.10 Å². The SMILES string of the molecule is CC1(C)[C@@H]2CC[C@]1(C)[C@H](OCC[C@H](O)CNC1CCCC1)C2. The second kappa shape index (κ2) is 6.41. The first-order valence-corrected chi connectivity index (χ1v) is 9.46. The van der Waals surface area contributed by atoms with Gasteiger partial charge in [-0.15, -0.1) is 0 Å². The molecule has 2 N–H and O–H groups in total. The molecule has 0 unspecified atom stereocenters. The van der Waals surface area contributed by atoms with Gasteiger partial charge in [-0.1, -0.05) is 33.6 Å². The molecule has 0 spiro atoms. The average Bonchev–Trinajstić information content (AvgIpc) is 3.11. The minimum Gasteiger partial charge on any atom is -0.392 e. The lowest BCUT2D eigenvalue weighted by molar-refractivity contribution is -0.0546. The lowest BCUT2D eigenvalue weighted by Crippen LogP contribution is -2.38. The highest BCUT2D eigenvalue weighted by atomic mass is 16.5. The third-order valence-corrected chi connectivity index (χ3v) is 7.48. The second-order valence-electron chi connectivity index (χ2n) is 8.80. The molecule has 3 nitrogen and oxygen atoms in total. The number of hydrogen-bond acceptors (Lipinski definition) is 3. The van der Waals surface area contributed by atoms with Crippen LogP contribution >= 0.6 is 0 Å². The summed E-state index contributed by atoms with van der Waals surface area (Å²) in [7, 11) is 0. The van der Waals surface area contributed by atoms with Crippen molar-refractivity contribution in [2.24, 2.45) is 16.7 Å². The Morgan fingerprint density at radius 3 is 2.50 bits per heavy atom. The molecule has 3 saturated carbocycles. The summed E-state index contributed by atoms with van der Waals surface area (Å²) in [5.41, 5.74) is 0.755. The van der Waals surface area contributed by atoms with Crippen LogP contribution in [0.4, 0.5) is 0 Å². The van der Waals surface area contributed by atoms with Crippen LogP contribution in [-0.4, -0.2) is 36.5 Å². The molecule has 3 heteroatoms. The van der Waals surface area contributed by atoms with E-state index in [1.54, 1.807) is 0 Å². The number of rotatable bonds is 7. The van der Waals surface area contributed by atoms with Gasteiger partial charge in [-0.05, 0) is 55.3 Å². The summed E-state index contributed by atoms with van der Waals surface area (Å²) >= 11 is 0. The maximum Gasteiger partial charge on any atom is 0.0686 e. The highest BCUT2D eigenvalue weighted by molar-refractivity contribution is 5.11. The average molecular weight is 309 g/mol. The minimum atomic E-state index is -0.264. The summed E-state index contributed by atoms with van der Waals surface area (Å²) in [5, 5.41) is 13.6. The molecule has 0 aromatic rings. The van der Waals surface area contributed by atoms with Gasteiger partial charge in [0.1, 0.15) is 0 Å². The van der Waals surface area contributed by atoms with Gasteiger partial charge in [0.05, 0.1) is 12.2 Å². The van der Waals surface area contributed by atoms with Gasteiger partial charge in [-0.3, -0.25) is 0 Å². The number of fused-ring (bicyclic) bond motifs is 2. The number of aliphatic hydroxyl groups is 1. The van der Waals surface area contributed by atoms with Crippen LogP contribution < -0.4 is 5.32 Å². The summed E-state index contributed by atoms with van der Waals surface area (Å²) in [6.45, 7) is 8.70. The van der Waals surface area contributed by atoms with Gasteiger partial charge in [0.2, 0.25) is 0 Å². The summed E-state index contributed by atoms with van der Waals surface area (Å²) in [6.07, 6.45) is 10.0. The maximum absolute atomic E-state index is 10.1. The van der Waals surface area contributed by atoms with Crippen molar-refractivity contribution in [2.75, 3.05) is 13.2 Å². The molecule has 3 aliphatic carbocycles. The molecule has 3 rings (SSSR count). The molecular formula is C19H35NO2. The third kappa shape index (κ3) is 2.97. The Bertz CT molecular complexity index is 378. The molecule has 0 amide bonds. The normalized spacial score (nSPS) is 38.7. The fourth-order valence-corrected chi connectivity index (χ4v) is 5.26. The molecule has 128 valence electrons. The van der Waals surface area contributed by atoms with Crippen molar-refractivity contribution < 1.29 is 9.84 Å². The Balaban J connectivity index is 1.37. The van der Waals surface area contributed by atoms with Crippen molar-refractivity contribution in [3.05, 3.63) is 0 Å². The molecule has 22 heavy (non-hydrogen) atoms. The van der Waals surface area contributed by atoms with Crippen molar-refractivity contribution in [3.63, 3.8) is 0 Å². The van der Waals surface area contributed by atoms with Gasteiger partial charge in [0.25, 0.3) is 0 Å². The fourth-order valence-electron chi connectivity index (χ4n) is 5.26. The van der Waals surface area contributed by atoms with E-state index in [4.69, 9.17) is 4.74 Å². The van der Waals surface area contributed by atoms with Crippen molar-refractivity contribution in [1.29, 1.82) is 0 Å². The molecule has 0 saturated heterocycles. The van der Waals surface area contributed by atoms with Crippen molar-refractivity contribution in [3.8, 4) is 0 Å². The smallest absolute Gasteiger partial charge is 0.0686 e. The molecule has 4 atom stereocenters. The van der Waals surface area contributed by atoms with Crippen molar-refractivity contribution in [1.82, 2.24) is 5.32 Å². The van der Waals surface area contributed by atoms with Crippen LogP contribution in [0.1, 0.15) is 72.1 Å². The lowest BCUT2D eigenvalue weighted by Gasteiger charge is -2.39. The molecule has 0 radical (unpaired) electrons. The number of aliphatic hydroxyl groups excluding tert-OH is 1. The van der Waals surface area contributed by atoms with E-state index < -0.39 is 0 Å². The summed E-state index contributed by atoms with van der Waals surface area (Å²) in [4.78, 5) is 0. The maximum atomic E-state index is 10.1. The summed E-state index contributed by atoms with van der Waals surface area (Å²) < 4.78 is 6.23. The number of nitrogens with one attached hydrogen (secondary N) is 1. The molecule has 0 aromatic heterocycles. The zero-order chi connectivity index (χ0) is 15.8. The lowest BCUT2D eigenvalue weighted by atomic mass is 9.70. The van der Waals surface area contributed by atoms with Crippen LogP contribution in [-0.2, 0) is 4.74 Å². The Morgan fingerprint density at radius 1 is 1.18 bits per heavy atom. The molecule has 0 aromatic carbocycles. The van der Waals surface area contributed by atoms with Gasteiger partial charge in [-0.2, -0.15) is 0 Å². The van der Waals surface area contributed by atoms with Gasteiger partial charge in [0, 0.05) is 19.2 Å². The largest absolute Gasteiger partial charge is 0.392 e. The third-order valence-electron chi connectivity index (χ3n) is 7.48. The molecule has 3 fully saturated rings. The highest BCUT2D eigenvalue weighted by Crippen LogP contribution is 2.66. The number of hydrogen-bond donors (Lipinski definition) is 2. The van der Waals surface area contributed by atoms with Gasteiger partial charge in [0.15, 0.2) is 0 Å². The minimum absolute atomic E-state index is 0.264. The highest BCUT2D eigenvalue weighted by Gasteiger charge is 2.61. The van der Waals surface area contributed by atoms with Gasteiger partial charge in [-0.25, -0.2) is 0 Å². The zero-order valence-corrected chi connectivity index (χ0v) is 14.7. The second-order valence-corrected chi connectivity index (χ2v) is 8.80. The summed E-state index contributed by atoms with van der Waals surface area (Å²) in [6, 6.07) is 0.640. The van der Waals surface area contributed by atoms with E-state index in [1.165, 1.54) is 44.9 Å². The fraction of sp³-hybridized carbons (Fsp3) is 1.00. The molecular weight excluding hydrogens is 274 g/mol. The monoisotopic (exact) mass is 309 g/mol. The van der Waals surface area contributed by atoms with E-state index >= 15 is 0 Å². The Kier molecular flexibility index (Phi) is 4.87. The van der Waals surface area contributed by atoms with Crippen molar-refractivity contribution in [2.45, 2.75) is 90.4 Å². The Morgan fingerprint density at radius 2 is 1.91 bits per heavy atom. The topological polar surface area (TPSA) is 41.5 Å². The first-order chi connectivity index (χ1) is 10.4. The standard InChI is InChI=1S/C19H35NO2/c1-18(2)14-8-10-19(18,3)17(12-14)22-11-9-16(21)13-20-15-6-4-5-7-15/h14-17,20-21H,4-13H2,1-3H3/t14-,16+,17-,19-/m1/s1. The van der Waals surface area contributed by atoms with E-state index in [0.29, 0.717) is 29.6 Å². The Labute approximate surface area is 136 Å². The van der Waals surface area contributed by atoms with E-state index in [1.807, 2.05) is 0 Å². The molecule has 0 heterocycles. The number of ether oxygens (including phenoxy) is 1. The van der Waals surface area contributed by atoms with Crippen LogP contribution in [0.15, 0.2) is 0 Å². The van der Waals surface area contributed by atoms with Crippen LogP contribution in [0.3, 0.4) is 0 Å². The molecule has 0 aliphatic heterocycles. The quantitative estimate of drug-likeness (QED) is 0.756. The first kappa shape index (κ1) is 16.7. The first-order valence-electron chi connectivity index (χ1n) is 9.46. The van der Waals surface area contributed by atoms with Crippen LogP contribution in [0.25, 0.3) is 0 Å². The van der Waals surface area contributed by atoms with Crippen LogP contribution in [0.2, 0.25) is 0 Å². The zero-order valence-electron chi connectivity index (χ0n) is 14.7. The van der Waals surface area contributed by atoms with Crippen LogP contribution in [0, 0.1) is 16.7 Å². The predicted molar refractivity (Wildman–Crippen MR) is 89.9 cm³/mol. The van der Waals surface area contributed by atoms with Crippen molar-refractivity contribution >= 4 is 0 Å². The molecule has 2 bridgehead atoms. The Hall–Kier alpha value is -0.120. The van der Waals surface area contributed by atoms with E-state index in [0.717, 1.165) is 18.9 Å². The molecule has 3 aliphatic rings.